The van der Waals surface area contributed by atoms with Crippen LogP contribution in [-0.4, -0.2) is 57.9 Å². The van der Waals surface area contributed by atoms with E-state index in [1.54, 1.807) is 18.3 Å². The quantitative estimate of drug-likeness (QED) is 0.304. The van der Waals surface area contributed by atoms with Crippen molar-refractivity contribution in [1.29, 1.82) is 0 Å². The first-order valence-electron chi connectivity index (χ1n) is 12.4. The van der Waals surface area contributed by atoms with E-state index < -0.39 is 17.7 Å². The van der Waals surface area contributed by atoms with E-state index in [4.69, 9.17) is 31.0 Å². The minimum Gasteiger partial charge on any atom is -0.479 e. The van der Waals surface area contributed by atoms with Crippen molar-refractivity contribution in [2.24, 2.45) is 0 Å². The Bertz CT molecular complexity index is 1480. The molecule has 198 valence electrons. The molecule has 0 unspecified atom stereocenters. The van der Waals surface area contributed by atoms with Crippen LogP contribution in [-0.2, 0) is 14.3 Å². The van der Waals surface area contributed by atoms with E-state index in [1.165, 1.54) is 11.3 Å². The number of halogens is 1. The molecule has 1 saturated heterocycles. The van der Waals surface area contributed by atoms with E-state index in [2.05, 4.69) is 9.88 Å². The number of aromatic nitrogens is 3. The van der Waals surface area contributed by atoms with Crippen molar-refractivity contribution >= 4 is 45.1 Å². The van der Waals surface area contributed by atoms with Crippen molar-refractivity contribution in [3.05, 3.63) is 58.7 Å². The molecule has 1 aliphatic heterocycles. The van der Waals surface area contributed by atoms with Crippen LogP contribution in [0, 0.1) is 6.92 Å². The second kappa shape index (κ2) is 10.6. The number of ether oxygens (including phenoxy) is 2. The molecular weight excluding hydrogens is 524 g/mol. The van der Waals surface area contributed by atoms with Gasteiger partial charge in [0.25, 0.3) is 0 Å². The lowest BCUT2D eigenvalue weighted by Crippen LogP contribution is -2.37. The SMILES string of the molecule is Cc1cc2nc(-c3ccnc(N4CCOCC4)n3)sc2c(-c2ccc(Cl)cc2)c1[C@H](OC(C)(C)C)C(=O)O. The van der Waals surface area contributed by atoms with Gasteiger partial charge in [-0.05, 0) is 63.1 Å². The van der Waals surface area contributed by atoms with Crippen LogP contribution in [0.3, 0.4) is 0 Å². The van der Waals surface area contributed by atoms with E-state index in [1.807, 2.05) is 52.0 Å². The molecule has 8 nitrogen and oxygen atoms in total. The van der Waals surface area contributed by atoms with E-state index >= 15 is 0 Å². The number of hydrogen-bond acceptors (Lipinski definition) is 8. The summed E-state index contributed by atoms with van der Waals surface area (Å²) in [4.78, 5) is 28.8. The van der Waals surface area contributed by atoms with Crippen molar-refractivity contribution in [2.75, 3.05) is 31.2 Å². The fourth-order valence-corrected chi connectivity index (χ4v) is 5.75. The largest absolute Gasteiger partial charge is 0.479 e. The highest BCUT2D eigenvalue weighted by molar-refractivity contribution is 7.22. The Kier molecular flexibility index (Phi) is 7.37. The second-order valence-corrected chi connectivity index (χ2v) is 11.6. The molecule has 0 amide bonds. The number of benzene rings is 2. The molecule has 2 aromatic heterocycles. The molecule has 38 heavy (non-hydrogen) atoms. The standard InChI is InChI=1S/C28H29ClN4O4S/c1-16-15-20-24(38-25(31-20)19-9-10-30-27(32-19)33-11-13-36-14-12-33)22(17-5-7-18(29)8-6-17)21(16)23(26(34)35)37-28(2,3)4/h5-10,15,23H,11-14H2,1-4H3,(H,34,35)/t23-/m0/s1. The molecule has 4 aromatic rings. The third-order valence-corrected chi connectivity index (χ3v) is 7.54. The summed E-state index contributed by atoms with van der Waals surface area (Å²) in [6.07, 6.45) is 0.579. The summed E-state index contributed by atoms with van der Waals surface area (Å²) in [5.74, 6) is -0.405. The predicted molar refractivity (Wildman–Crippen MR) is 150 cm³/mol. The average molecular weight is 553 g/mol. The minimum atomic E-state index is -1.16. The zero-order chi connectivity index (χ0) is 27.0. The zero-order valence-corrected chi connectivity index (χ0v) is 23.3. The van der Waals surface area contributed by atoms with E-state index in [-0.39, 0.29) is 0 Å². The minimum absolute atomic E-state index is 0.599. The topological polar surface area (TPSA) is 97.7 Å². The van der Waals surface area contributed by atoms with Gasteiger partial charge in [-0.3, -0.25) is 0 Å². The number of morpholine rings is 1. The van der Waals surface area contributed by atoms with Gasteiger partial charge in [-0.1, -0.05) is 23.7 Å². The van der Waals surface area contributed by atoms with Gasteiger partial charge < -0.3 is 19.5 Å². The summed E-state index contributed by atoms with van der Waals surface area (Å²) < 4.78 is 12.4. The van der Waals surface area contributed by atoms with Crippen LogP contribution < -0.4 is 4.90 Å². The average Bonchev–Trinajstić information content (AvgIpc) is 3.31. The van der Waals surface area contributed by atoms with Gasteiger partial charge in [0, 0.05) is 35.4 Å². The van der Waals surface area contributed by atoms with Crippen LogP contribution in [0.2, 0.25) is 5.02 Å². The van der Waals surface area contributed by atoms with Crippen LogP contribution in [0.15, 0.2) is 42.6 Å². The van der Waals surface area contributed by atoms with E-state index in [0.717, 1.165) is 45.0 Å². The Balaban J connectivity index is 1.70. The molecule has 1 N–H and O–H groups in total. The first-order valence-corrected chi connectivity index (χ1v) is 13.6. The Morgan fingerprint density at radius 3 is 2.53 bits per heavy atom. The molecule has 0 spiro atoms. The van der Waals surface area contributed by atoms with Gasteiger partial charge in [0.2, 0.25) is 5.95 Å². The normalized spacial score (nSPS) is 15.1. The van der Waals surface area contributed by atoms with E-state index in [0.29, 0.717) is 35.4 Å². The van der Waals surface area contributed by atoms with Gasteiger partial charge in [0.1, 0.15) is 10.7 Å². The summed E-state index contributed by atoms with van der Waals surface area (Å²) >= 11 is 7.67. The molecule has 10 heteroatoms. The Labute approximate surface area is 230 Å². The lowest BCUT2D eigenvalue weighted by Gasteiger charge is -2.28. The van der Waals surface area contributed by atoms with E-state index in [9.17, 15) is 9.90 Å². The van der Waals surface area contributed by atoms with Gasteiger partial charge in [0.05, 0.1) is 29.0 Å². The third-order valence-electron chi connectivity index (χ3n) is 6.17. The van der Waals surface area contributed by atoms with Crippen LogP contribution in [0.4, 0.5) is 5.95 Å². The van der Waals surface area contributed by atoms with Crippen molar-refractivity contribution in [2.45, 2.75) is 39.4 Å². The van der Waals surface area contributed by atoms with Crippen molar-refractivity contribution < 1.29 is 19.4 Å². The first-order chi connectivity index (χ1) is 18.1. The monoisotopic (exact) mass is 552 g/mol. The lowest BCUT2D eigenvalue weighted by molar-refractivity contribution is -0.160. The fraction of sp³-hybridized carbons (Fsp3) is 0.357. The molecule has 1 aliphatic rings. The second-order valence-electron chi connectivity index (χ2n) is 10.1. The third kappa shape index (κ3) is 5.51. The van der Waals surface area contributed by atoms with Crippen LogP contribution in [0.5, 0.6) is 0 Å². The van der Waals surface area contributed by atoms with Gasteiger partial charge in [-0.15, -0.1) is 11.3 Å². The Hall–Kier alpha value is -3.11. The molecule has 0 saturated carbocycles. The highest BCUT2D eigenvalue weighted by Gasteiger charge is 2.32. The molecule has 3 heterocycles. The number of nitrogens with zero attached hydrogens (tertiary/aromatic N) is 4. The Morgan fingerprint density at radius 2 is 1.87 bits per heavy atom. The molecular formula is C28H29ClN4O4S. The maximum Gasteiger partial charge on any atom is 0.337 e. The number of aliphatic carboxylic acids is 1. The Morgan fingerprint density at radius 1 is 1.16 bits per heavy atom. The zero-order valence-electron chi connectivity index (χ0n) is 21.7. The van der Waals surface area contributed by atoms with Crippen LogP contribution in [0.1, 0.15) is 38.0 Å². The molecule has 0 aliphatic carbocycles. The number of anilines is 1. The summed E-state index contributed by atoms with van der Waals surface area (Å²) in [6.45, 7) is 10.2. The molecule has 2 aromatic carbocycles. The number of carboxylic acid groups (broad SMARTS) is 1. The number of fused-ring (bicyclic) bond motifs is 1. The lowest BCUT2D eigenvalue weighted by atomic mass is 9.91. The number of carbonyl (C=O) groups is 1. The van der Waals surface area contributed by atoms with Gasteiger partial charge in [0.15, 0.2) is 6.10 Å². The number of rotatable bonds is 6. The number of hydrogen-bond donors (Lipinski definition) is 1. The fourth-order valence-electron chi connectivity index (χ4n) is 4.53. The van der Waals surface area contributed by atoms with Gasteiger partial charge in [-0.25, -0.2) is 19.7 Å². The summed E-state index contributed by atoms with van der Waals surface area (Å²) in [7, 11) is 0. The molecule has 0 radical (unpaired) electrons. The molecule has 5 rings (SSSR count). The summed E-state index contributed by atoms with van der Waals surface area (Å²) in [5, 5.41) is 11.6. The molecule has 1 atom stereocenters. The smallest absolute Gasteiger partial charge is 0.337 e. The number of aryl methyl sites for hydroxylation is 1. The highest BCUT2D eigenvalue weighted by Crippen LogP contribution is 2.44. The van der Waals surface area contributed by atoms with Crippen molar-refractivity contribution in [3.8, 4) is 21.8 Å². The molecule has 0 bridgehead atoms. The summed E-state index contributed by atoms with van der Waals surface area (Å²) in [5.41, 5.74) is 3.82. The first kappa shape index (κ1) is 26.5. The van der Waals surface area contributed by atoms with Crippen LogP contribution in [0.25, 0.3) is 32.0 Å². The number of carboxylic acids is 1. The van der Waals surface area contributed by atoms with Gasteiger partial charge >= 0.3 is 5.97 Å². The van der Waals surface area contributed by atoms with Crippen LogP contribution >= 0.6 is 22.9 Å². The van der Waals surface area contributed by atoms with Gasteiger partial charge in [-0.2, -0.15) is 0 Å². The molecule has 1 fully saturated rings. The highest BCUT2D eigenvalue weighted by atomic mass is 35.5. The van der Waals surface area contributed by atoms with Crippen molar-refractivity contribution in [1.82, 2.24) is 15.0 Å². The maximum atomic E-state index is 12.5. The predicted octanol–water partition coefficient (Wildman–Crippen LogP) is 6.16. The van der Waals surface area contributed by atoms with Crippen molar-refractivity contribution in [3.63, 3.8) is 0 Å². The number of thiazole rings is 1. The summed E-state index contributed by atoms with van der Waals surface area (Å²) in [6, 6.07) is 11.2. The maximum absolute atomic E-state index is 12.5.